The van der Waals surface area contributed by atoms with Crippen LogP contribution in [0.5, 0.6) is 0 Å². The van der Waals surface area contributed by atoms with Gasteiger partial charge in [-0.25, -0.2) is 0 Å². The van der Waals surface area contributed by atoms with Gasteiger partial charge in [-0.15, -0.1) is 0 Å². The number of carbonyl (C=O) groups is 2. The fraction of sp³-hybridized carbons (Fsp3) is 0.632. The van der Waals surface area contributed by atoms with Gasteiger partial charge in [0.25, 0.3) is 7.82 Å². The van der Waals surface area contributed by atoms with E-state index in [1.54, 1.807) is 0 Å². The lowest BCUT2D eigenvalue weighted by molar-refractivity contribution is -0.870. The minimum Gasteiger partial charge on any atom is -0.756 e. The van der Waals surface area contributed by atoms with Gasteiger partial charge >= 0.3 is 5.97 Å². The van der Waals surface area contributed by atoms with E-state index in [1.165, 1.54) is 77.0 Å². The molecule has 0 fully saturated rings. The second kappa shape index (κ2) is 63.6. The Labute approximate surface area is 529 Å². The molecule has 488 valence electrons. The van der Waals surface area contributed by atoms with E-state index < -0.39 is 26.6 Å². The number of hydrogen-bond acceptors (Lipinski definition) is 7. The van der Waals surface area contributed by atoms with Gasteiger partial charge < -0.3 is 28.5 Å². The molecule has 0 heterocycles. The van der Waals surface area contributed by atoms with Crippen LogP contribution in [0.3, 0.4) is 0 Å². The zero-order valence-corrected chi connectivity index (χ0v) is 56.6. The van der Waals surface area contributed by atoms with E-state index in [9.17, 15) is 19.0 Å². The largest absolute Gasteiger partial charge is 0.756 e. The second-order valence-electron chi connectivity index (χ2n) is 23.6. The Morgan fingerprint density at radius 2 is 0.744 bits per heavy atom. The lowest BCUT2D eigenvalue weighted by atomic mass is 10.0. The zero-order chi connectivity index (χ0) is 62.8. The summed E-state index contributed by atoms with van der Waals surface area (Å²) < 4.78 is 30.4. The number of phosphoric acid groups is 1. The quantitative estimate of drug-likeness (QED) is 0.0212. The Morgan fingerprint density at radius 3 is 1.13 bits per heavy atom. The average Bonchev–Trinajstić information content (AvgIpc) is 3.65. The van der Waals surface area contributed by atoms with Crippen molar-refractivity contribution >= 4 is 19.7 Å². The van der Waals surface area contributed by atoms with Gasteiger partial charge in [0.05, 0.1) is 33.8 Å². The average molecular weight is 1210 g/mol. The highest BCUT2D eigenvalue weighted by Gasteiger charge is 2.27. The van der Waals surface area contributed by atoms with E-state index in [1.807, 2.05) is 33.3 Å². The molecule has 0 aromatic rings. The van der Waals surface area contributed by atoms with Crippen LogP contribution in [-0.4, -0.2) is 69.4 Å². The van der Waals surface area contributed by atoms with Crippen LogP contribution in [-0.2, 0) is 27.9 Å². The number of amides is 1. The van der Waals surface area contributed by atoms with Crippen molar-refractivity contribution in [3.63, 3.8) is 0 Å². The van der Waals surface area contributed by atoms with Gasteiger partial charge in [-0.1, -0.05) is 269 Å². The number of nitrogens with zero attached hydrogens (tertiary/aromatic N) is 1. The van der Waals surface area contributed by atoms with Crippen molar-refractivity contribution in [1.82, 2.24) is 5.32 Å². The maximum atomic E-state index is 13.6. The summed E-state index contributed by atoms with van der Waals surface area (Å²) in [6.07, 6.45) is 93.7. The number of rotatable bonds is 60. The number of carbonyl (C=O) groups excluding carboxylic acids is 2. The van der Waals surface area contributed by atoms with Crippen LogP contribution < -0.4 is 10.2 Å². The molecule has 9 nitrogen and oxygen atoms in total. The summed E-state index contributed by atoms with van der Waals surface area (Å²) in [6, 6.07) is -0.928. The fourth-order valence-electron chi connectivity index (χ4n) is 9.00. The van der Waals surface area contributed by atoms with Gasteiger partial charge in [0.1, 0.15) is 19.3 Å². The van der Waals surface area contributed by atoms with Gasteiger partial charge in [-0.3, -0.25) is 14.2 Å². The number of likely N-dealkylation sites (N-methyl/N-ethyl adjacent to an activating group) is 1. The lowest BCUT2D eigenvalue weighted by Gasteiger charge is -2.30. The molecule has 0 spiro atoms. The third-order valence-electron chi connectivity index (χ3n) is 14.2. The third-order valence-corrected chi connectivity index (χ3v) is 15.2. The molecule has 1 amide bonds. The summed E-state index contributed by atoms with van der Waals surface area (Å²) in [5, 5.41) is 3.00. The van der Waals surface area contributed by atoms with Crippen molar-refractivity contribution < 1.29 is 37.3 Å². The molecule has 0 saturated heterocycles. The Morgan fingerprint density at radius 1 is 0.419 bits per heavy atom. The first kappa shape index (κ1) is 81.6. The highest BCUT2D eigenvalue weighted by Crippen LogP contribution is 2.38. The fourth-order valence-corrected chi connectivity index (χ4v) is 9.72. The normalized spacial score (nSPS) is 14.5. The van der Waals surface area contributed by atoms with Crippen molar-refractivity contribution in [1.29, 1.82) is 0 Å². The first-order valence-corrected chi connectivity index (χ1v) is 35.8. The summed E-state index contributed by atoms with van der Waals surface area (Å²) in [4.78, 5) is 40.1. The van der Waals surface area contributed by atoms with Gasteiger partial charge in [0.2, 0.25) is 5.91 Å². The number of ether oxygens (including phenoxy) is 1. The monoisotopic (exact) mass is 1210 g/mol. The maximum Gasteiger partial charge on any atom is 0.306 e. The molecule has 0 aliphatic rings. The Bertz CT molecular complexity index is 2030. The molecule has 1 N–H and O–H groups in total. The van der Waals surface area contributed by atoms with Crippen LogP contribution in [0.25, 0.3) is 0 Å². The van der Waals surface area contributed by atoms with Crippen LogP contribution in [0.15, 0.2) is 158 Å². The highest BCUT2D eigenvalue weighted by molar-refractivity contribution is 7.45. The van der Waals surface area contributed by atoms with E-state index in [0.29, 0.717) is 23.9 Å². The standard InChI is InChI=1S/C76H127N2O7P/c1-7-10-13-16-19-22-25-28-30-32-34-36-37-38-39-40-41-43-45-47-49-51-54-57-60-63-66-69-76(80)85-74(67-64-61-58-55-52-27-24-21-18-15-12-9-3)73(72-84-86(81,82)83-71-70-78(4,5)6)77-75(79)68-65-62-59-56-53-50-48-46-44-42-35-33-31-29-26-23-20-17-14-11-8-2/h10-11,13-14,19-20,22-23,28-31,34-36,38-39,41-43,46,48,53,56,64,67,73-74H,7-9,12,15-18,21,24-27,32-33,37,40,44-45,47,49-52,54-55,57-63,65-66,68-72H2,1-6H3,(H-,77,79,81,82)/b13-10-,14-11-,22-19-,23-20-,30-28-,31-29-,36-34-,39-38-,42-35-,43-41-,48-46-,56-53-,67-64-. The van der Waals surface area contributed by atoms with Crippen LogP contribution in [0.4, 0.5) is 0 Å². The molecule has 86 heavy (non-hydrogen) atoms. The first-order valence-electron chi connectivity index (χ1n) is 34.3. The van der Waals surface area contributed by atoms with Gasteiger partial charge in [-0.2, -0.15) is 0 Å². The second-order valence-corrected chi connectivity index (χ2v) is 25.0. The Hall–Kier alpha value is -4.37. The molecule has 10 heteroatoms. The van der Waals surface area contributed by atoms with Gasteiger partial charge in [0, 0.05) is 12.8 Å². The smallest absolute Gasteiger partial charge is 0.306 e. The summed E-state index contributed by atoms with van der Waals surface area (Å²) >= 11 is 0. The number of allylic oxidation sites excluding steroid dienone is 25. The molecular formula is C76H127N2O7P. The van der Waals surface area contributed by atoms with Crippen molar-refractivity contribution in [2.75, 3.05) is 40.9 Å². The Kier molecular flexibility index (Phi) is 60.4. The third kappa shape index (κ3) is 64.1. The van der Waals surface area contributed by atoms with Crippen LogP contribution >= 0.6 is 7.82 Å². The van der Waals surface area contributed by atoms with E-state index in [2.05, 4.69) is 172 Å². The van der Waals surface area contributed by atoms with E-state index in [-0.39, 0.29) is 31.3 Å². The molecule has 0 aliphatic carbocycles. The minimum absolute atomic E-state index is 0.0414. The van der Waals surface area contributed by atoms with E-state index in [4.69, 9.17) is 13.8 Å². The number of phosphoric ester groups is 1. The molecule has 0 aliphatic heterocycles. The molecule has 0 aromatic carbocycles. The molecular weight excluding hydrogens is 1080 g/mol. The number of nitrogens with one attached hydrogen (secondary N) is 1. The first-order chi connectivity index (χ1) is 41.9. The van der Waals surface area contributed by atoms with Crippen LogP contribution in [0, 0.1) is 0 Å². The zero-order valence-electron chi connectivity index (χ0n) is 55.7. The lowest BCUT2D eigenvalue weighted by Crippen LogP contribution is -2.47. The van der Waals surface area contributed by atoms with Crippen molar-refractivity contribution in [3.05, 3.63) is 158 Å². The van der Waals surface area contributed by atoms with E-state index >= 15 is 0 Å². The minimum atomic E-state index is -4.73. The van der Waals surface area contributed by atoms with E-state index in [0.717, 1.165) is 135 Å². The van der Waals surface area contributed by atoms with Crippen LogP contribution in [0.1, 0.15) is 258 Å². The Balaban J connectivity index is 5.22. The summed E-state index contributed by atoms with van der Waals surface area (Å²) in [6.45, 7) is 6.56. The molecule has 0 aromatic heterocycles. The van der Waals surface area contributed by atoms with Gasteiger partial charge in [0.15, 0.2) is 0 Å². The molecule has 3 atom stereocenters. The van der Waals surface area contributed by atoms with Crippen molar-refractivity contribution in [2.45, 2.75) is 270 Å². The summed E-state index contributed by atoms with van der Waals surface area (Å²) in [7, 11) is 1.13. The molecule has 3 unspecified atom stereocenters. The molecule has 0 saturated carbocycles. The molecule has 0 radical (unpaired) electrons. The topological polar surface area (TPSA) is 114 Å². The van der Waals surface area contributed by atoms with Crippen LogP contribution in [0.2, 0.25) is 0 Å². The predicted octanol–water partition coefficient (Wildman–Crippen LogP) is 21.3. The molecule has 0 rings (SSSR count). The number of unbranched alkanes of at least 4 members (excludes halogenated alkanes) is 20. The number of hydrogen-bond donors (Lipinski definition) is 1. The SMILES string of the molecule is CC/C=C\C/C=C\C/C=C\C/C=C\C/C=C\C/C=C\CCCCCCCCCCC(=O)OC(/C=C\CCCCCCCCCCCC)C(COP(=O)([O-])OCC[N+](C)(C)C)NC(=O)CCCC/C=C\C/C=C\C/C=C\C/C=C\C/C=C\C/C=C\CC. The number of quaternary nitrogens is 1. The summed E-state index contributed by atoms with van der Waals surface area (Å²) in [5.74, 6) is -0.612. The van der Waals surface area contributed by atoms with Crippen molar-refractivity contribution in [2.24, 2.45) is 0 Å². The maximum absolute atomic E-state index is 13.6. The summed E-state index contributed by atoms with van der Waals surface area (Å²) in [5.41, 5.74) is 0. The number of esters is 1. The van der Waals surface area contributed by atoms with Gasteiger partial charge in [-0.05, 0) is 134 Å². The predicted molar refractivity (Wildman–Crippen MR) is 371 cm³/mol. The highest BCUT2D eigenvalue weighted by atomic mass is 31.2. The molecule has 0 bridgehead atoms. The van der Waals surface area contributed by atoms with Crippen molar-refractivity contribution in [3.8, 4) is 0 Å².